The zero-order valence-electron chi connectivity index (χ0n) is 11.2. The van der Waals surface area contributed by atoms with Gasteiger partial charge in [0.15, 0.2) is 0 Å². The number of fused-ring (bicyclic) bond motifs is 1. The van der Waals surface area contributed by atoms with Crippen LogP contribution < -0.4 is 4.90 Å². The van der Waals surface area contributed by atoms with Gasteiger partial charge in [0.05, 0.1) is 6.10 Å². The molecule has 98 valence electrons. The van der Waals surface area contributed by atoms with Crippen molar-refractivity contribution in [3.63, 3.8) is 0 Å². The Morgan fingerprint density at radius 2 is 2.00 bits per heavy atom. The number of aliphatic hydroxyl groups is 1. The van der Waals surface area contributed by atoms with Crippen LogP contribution >= 0.6 is 0 Å². The fourth-order valence-electron chi connectivity index (χ4n) is 3.70. The highest BCUT2D eigenvalue weighted by Gasteiger charge is 2.33. The van der Waals surface area contributed by atoms with E-state index in [0.29, 0.717) is 5.92 Å². The molecular weight excluding hydrogens is 222 g/mol. The summed E-state index contributed by atoms with van der Waals surface area (Å²) in [6, 6.07) is 9.52. The molecule has 2 aliphatic rings. The van der Waals surface area contributed by atoms with Crippen LogP contribution in [-0.4, -0.2) is 23.8 Å². The molecule has 1 fully saturated rings. The Hall–Kier alpha value is -1.02. The summed E-state index contributed by atoms with van der Waals surface area (Å²) in [5.74, 6) is 0.516. The highest BCUT2D eigenvalue weighted by Crippen LogP contribution is 2.42. The second kappa shape index (κ2) is 4.93. The lowest BCUT2D eigenvalue weighted by Gasteiger charge is -2.27. The average molecular weight is 245 g/mol. The van der Waals surface area contributed by atoms with E-state index in [1.54, 1.807) is 0 Å². The number of hydrogen-bond donors (Lipinski definition) is 1. The van der Waals surface area contributed by atoms with Crippen LogP contribution in [0, 0.1) is 0 Å². The molecule has 2 nitrogen and oxygen atoms in total. The number of rotatable bonds is 3. The van der Waals surface area contributed by atoms with Crippen molar-refractivity contribution in [2.45, 2.75) is 57.1 Å². The third-order valence-electron chi connectivity index (χ3n) is 4.49. The van der Waals surface area contributed by atoms with Gasteiger partial charge in [-0.05, 0) is 37.8 Å². The highest BCUT2D eigenvalue weighted by molar-refractivity contribution is 5.61. The van der Waals surface area contributed by atoms with Crippen molar-refractivity contribution in [1.82, 2.24) is 0 Å². The minimum atomic E-state index is -0.202. The molecule has 18 heavy (non-hydrogen) atoms. The Kier molecular flexibility index (Phi) is 3.29. The number of benzene rings is 1. The largest absolute Gasteiger partial charge is 0.393 e. The average Bonchev–Trinajstić information content (AvgIpc) is 2.96. The second-order valence-corrected chi connectivity index (χ2v) is 5.93. The molecule has 1 aliphatic heterocycles. The van der Waals surface area contributed by atoms with Crippen LogP contribution in [0.4, 0.5) is 5.69 Å². The maximum Gasteiger partial charge on any atom is 0.0518 e. The van der Waals surface area contributed by atoms with E-state index in [1.807, 2.05) is 6.92 Å². The first-order chi connectivity index (χ1) is 8.75. The van der Waals surface area contributed by atoms with Crippen molar-refractivity contribution in [3.05, 3.63) is 29.8 Å². The van der Waals surface area contributed by atoms with Gasteiger partial charge in [0.2, 0.25) is 0 Å². The molecule has 1 saturated carbocycles. The molecule has 0 aromatic heterocycles. The standard InChI is InChI=1S/C16H23NO/c1-12(18)10-13-11-17(14-6-2-3-7-14)16-9-5-4-8-15(13)16/h4-5,8-9,12-14,18H,2-3,6-7,10-11H2,1H3. The monoisotopic (exact) mass is 245 g/mol. The summed E-state index contributed by atoms with van der Waals surface area (Å²) in [6.45, 7) is 3.01. The van der Waals surface area contributed by atoms with Gasteiger partial charge in [-0.1, -0.05) is 31.0 Å². The molecule has 1 aliphatic carbocycles. The zero-order valence-corrected chi connectivity index (χ0v) is 11.2. The molecule has 0 spiro atoms. The summed E-state index contributed by atoms with van der Waals surface area (Å²) in [7, 11) is 0. The van der Waals surface area contributed by atoms with Crippen LogP contribution in [0.25, 0.3) is 0 Å². The van der Waals surface area contributed by atoms with E-state index >= 15 is 0 Å². The van der Waals surface area contributed by atoms with Crippen LogP contribution in [0.5, 0.6) is 0 Å². The molecule has 1 N–H and O–H groups in total. The smallest absolute Gasteiger partial charge is 0.0518 e. The van der Waals surface area contributed by atoms with Crippen molar-refractivity contribution in [2.24, 2.45) is 0 Å². The molecule has 0 radical (unpaired) electrons. The van der Waals surface area contributed by atoms with Crippen molar-refractivity contribution in [3.8, 4) is 0 Å². The molecule has 0 bridgehead atoms. The quantitative estimate of drug-likeness (QED) is 0.883. The molecule has 2 unspecified atom stereocenters. The van der Waals surface area contributed by atoms with Gasteiger partial charge in [-0.2, -0.15) is 0 Å². The van der Waals surface area contributed by atoms with E-state index in [0.717, 1.165) is 19.0 Å². The van der Waals surface area contributed by atoms with Gasteiger partial charge in [-0.15, -0.1) is 0 Å². The molecule has 0 amide bonds. The number of nitrogens with zero attached hydrogens (tertiary/aromatic N) is 1. The third kappa shape index (κ3) is 2.14. The number of anilines is 1. The Morgan fingerprint density at radius 1 is 1.28 bits per heavy atom. The Labute approximate surface area is 110 Å². The van der Waals surface area contributed by atoms with Gasteiger partial charge in [0.25, 0.3) is 0 Å². The van der Waals surface area contributed by atoms with Crippen molar-refractivity contribution >= 4 is 5.69 Å². The molecule has 1 aromatic rings. The highest BCUT2D eigenvalue weighted by atomic mass is 16.3. The van der Waals surface area contributed by atoms with Crippen LogP contribution in [0.1, 0.15) is 50.5 Å². The fraction of sp³-hybridized carbons (Fsp3) is 0.625. The van der Waals surface area contributed by atoms with Crippen molar-refractivity contribution in [1.29, 1.82) is 0 Å². The maximum atomic E-state index is 9.67. The molecule has 2 heteroatoms. The summed E-state index contributed by atoms with van der Waals surface area (Å²) in [5, 5.41) is 9.67. The predicted molar refractivity (Wildman–Crippen MR) is 75.1 cm³/mol. The summed E-state index contributed by atoms with van der Waals surface area (Å²) < 4.78 is 0. The number of para-hydroxylation sites is 1. The lowest BCUT2D eigenvalue weighted by Crippen LogP contribution is -2.32. The summed E-state index contributed by atoms with van der Waals surface area (Å²) in [4.78, 5) is 2.61. The molecule has 3 rings (SSSR count). The predicted octanol–water partition coefficient (Wildman–Crippen LogP) is 3.30. The van der Waals surface area contributed by atoms with E-state index in [2.05, 4.69) is 29.2 Å². The second-order valence-electron chi connectivity index (χ2n) is 5.93. The number of aliphatic hydroxyl groups excluding tert-OH is 1. The van der Waals surface area contributed by atoms with E-state index in [4.69, 9.17) is 0 Å². The van der Waals surface area contributed by atoms with E-state index < -0.39 is 0 Å². The zero-order chi connectivity index (χ0) is 12.5. The van der Waals surface area contributed by atoms with Gasteiger partial charge < -0.3 is 10.0 Å². The SMILES string of the molecule is CC(O)CC1CN(C2CCCC2)c2ccccc21. The van der Waals surface area contributed by atoms with Crippen LogP contribution in [0.15, 0.2) is 24.3 Å². The van der Waals surface area contributed by atoms with Crippen LogP contribution in [-0.2, 0) is 0 Å². The molecular formula is C16H23NO. The fourth-order valence-corrected chi connectivity index (χ4v) is 3.70. The van der Waals surface area contributed by atoms with Crippen molar-refractivity contribution < 1.29 is 5.11 Å². The van der Waals surface area contributed by atoms with Crippen molar-refractivity contribution in [2.75, 3.05) is 11.4 Å². The van der Waals surface area contributed by atoms with Gasteiger partial charge in [-0.25, -0.2) is 0 Å². The van der Waals surface area contributed by atoms with Gasteiger partial charge in [-0.3, -0.25) is 0 Å². The van der Waals surface area contributed by atoms with E-state index in [9.17, 15) is 5.11 Å². The van der Waals surface area contributed by atoms with Gasteiger partial charge in [0.1, 0.15) is 0 Å². The lowest BCUT2D eigenvalue weighted by molar-refractivity contribution is 0.176. The van der Waals surface area contributed by atoms with E-state index in [-0.39, 0.29) is 6.10 Å². The first-order valence-corrected chi connectivity index (χ1v) is 7.29. The molecule has 1 aromatic carbocycles. The maximum absolute atomic E-state index is 9.67. The Morgan fingerprint density at radius 3 is 2.72 bits per heavy atom. The minimum absolute atomic E-state index is 0.202. The normalized spacial score (nSPS) is 25.4. The summed E-state index contributed by atoms with van der Waals surface area (Å²) >= 11 is 0. The van der Waals surface area contributed by atoms with Gasteiger partial charge in [0, 0.05) is 24.2 Å². The lowest BCUT2D eigenvalue weighted by atomic mass is 9.96. The van der Waals surface area contributed by atoms with Gasteiger partial charge >= 0.3 is 0 Å². The summed E-state index contributed by atoms with van der Waals surface area (Å²) in [5.41, 5.74) is 2.88. The van der Waals surface area contributed by atoms with E-state index in [1.165, 1.54) is 36.9 Å². The first kappa shape index (κ1) is 12.0. The summed E-state index contributed by atoms with van der Waals surface area (Å²) in [6.07, 6.45) is 6.13. The topological polar surface area (TPSA) is 23.5 Å². The number of hydrogen-bond acceptors (Lipinski definition) is 2. The minimum Gasteiger partial charge on any atom is -0.393 e. The molecule has 2 atom stereocenters. The van der Waals surface area contributed by atoms with Crippen LogP contribution in [0.3, 0.4) is 0 Å². The molecule has 0 saturated heterocycles. The first-order valence-electron chi connectivity index (χ1n) is 7.29. The molecule has 1 heterocycles. The Bertz CT molecular complexity index is 409. The van der Waals surface area contributed by atoms with Crippen LogP contribution in [0.2, 0.25) is 0 Å². The Balaban J connectivity index is 1.86. The third-order valence-corrected chi connectivity index (χ3v) is 4.49.